The van der Waals surface area contributed by atoms with E-state index in [0.717, 1.165) is 0 Å². The Balaban J connectivity index is 2.29. The van der Waals surface area contributed by atoms with E-state index in [9.17, 15) is 8.42 Å². The van der Waals surface area contributed by atoms with Crippen LogP contribution in [-0.4, -0.2) is 44.2 Å². The van der Waals surface area contributed by atoms with Crippen LogP contribution < -0.4 is 0 Å². The van der Waals surface area contributed by atoms with Gasteiger partial charge in [0.2, 0.25) is 0 Å². The minimum absolute atomic E-state index is 0.0660. The number of aliphatic hydroxyl groups excluding tert-OH is 1. The van der Waals surface area contributed by atoms with Crippen molar-refractivity contribution in [1.29, 1.82) is 0 Å². The Hall–Kier alpha value is -0.610. The highest BCUT2D eigenvalue weighted by Crippen LogP contribution is 2.15. The van der Waals surface area contributed by atoms with Crippen LogP contribution in [0.15, 0.2) is 0 Å². The second-order valence-corrected chi connectivity index (χ2v) is 5.21. The molecule has 80 valence electrons. The van der Waals surface area contributed by atoms with Gasteiger partial charge < -0.3 is 14.6 Å². The Bertz CT molecular complexity index is 315. The molecule has 0 aromatic carbocycles. The molecule has 1 rings (SSSR count). The van der Waals surface area contributed by atoms with Crippen molar-refractivity contribution < 1.29 is 23.0 Å². The summed E-state index contributed by atoms with van der Waals surface area (Å²) >= 11 is 0. The Morgan fingerprint density at radius 3 is 2.86 bits per heavy atom. The summed E-state index contributed by atoms with van der Waals surface area (Å²) in [5, 5.41) is 9.08. The third kappa shape index (κ3) is 3.64. The van der Waals surface area contributed by atoms with E-state index in [2.05, 4.69) is 10.7 Å². The predicted molar refractivity (Wildman–Crippen MR) is 48.9 cm³/mol. The highest BCUT2D eigenvalue weighted by Gasteiger charge is 2.30. The third-order valence-electron chi connectivity index (χ3n) is 1.81. The highest BCUT2D eigenvalue weighted by molar-refractivity contribution is 7.91. The average Bonchev–Trinajstić information content (AvgIpc) is 2.42. The van der Waals surface area contributed by atoms with E-state index < -0.39 is 22.4 Å². The summed E-state index contributed by atoms with van der Waals surface area (Å²) in [4.78, 5) is 0. The van der Waals surface area contributed by atoms with Gasteiger partial charge in [-0.2, -0.15) is 0 Å². The SMILES string of the molecule is C#CCO[C@H](O)OC1CCS(=O)(=O)C1. The molecule has 0 bridgehead atoms. The standard InChI is InChI=1S/C8H12O5S/c1-2-4-12-8(9)13-7-3-5-14(10,11)6-7/h1,7-9H,3-6H2/t7?,8-/m0/s1. The molecule has 1 unspecified atom stereocenters. The third-order valence-corrected chi connectivity index (χ3v) is 3.55. The van der Waals surface area contributed by atoms with Crippen molar-refractivity contribution in [1.82, 2.24) is 0 Å². The number of aliphatic hydroxyl groups is 1. The van der Waals surface area contributed by atoms with Crippen molar-refractivity contribution in [3.63, 3.8) is 0 Å². The van der Waals surface area contributed by atoms with Crippen LogP contribution in [-0.2, 0) is 19.3 Å². The normalized spacial score (nSPS) is 27.0. The molecule has 0 amide bonds. The van der Waals surface area contributed by atoms with Crippen molar-refractivity contribution in [2.75, 3.05) is 18.1 Å². The molecule has 6 heteroatoms. The summed E-state index contributed by atoms with van der Waals surface area (Å²) in [6, 6.07) is 0. The van der Waals surface area contributed by atoms with Gasteiger partial charge in [-0.15, -0.1) is 6.42 Å². The molecule has 0 saturated carbocycles. The zero-order valence-corrected chi connectivity index (χ0v) is 8.37. The minimum atomic E-state index is -2.99. The average molecular weight is 220 g/mol. The fourth-order valence-electron chi connectivity index (χ4n) is 1.19. The lowest BCUT2D eigenvalue weighted by Gasteiger charge is -2.15. The van der Waals surface area contributed by atoms with Gasteiger partial charge in [0.1, 0.15) is 6.61 Å². The maximum absolute atomic E-state index is 11.0. The van der Waals surface area contributed by atoms with Crippen LogP contribution in [0.5, 0.6) is 0 Å². The number of sulfone groups is 1. The highest BCUT2D eigenvalue weighted by atomic mass is 32.2. The number of terminal acetylenes is 1. The first-order valence-corrected chi connectivity index (χ1v) is 5.94. The van der Waals surface area contributed by atoms with E-state index in [4.69, 9.17) is 16.3 Å². The Morgan fingerprint density at radius 2 is 2.36 bits per heavy atom. The molecule has 1 fully saturated rings. The fraction of sp³-hybridized carbons (Fsp3) is 0.750. The minimum Gasteiger partial charge on any atom is -0.346 e. The molecule has 1 aliphatic rings. The van der Waals surface area contributed by atoms with E-state index in [1.54, 1.807) is 0 Å². The number of rotatable bonds is 4. The zero-order chi connectivity index (χ0) is 10.6. The van der Waals surface area contributed by atoms with Crippen molar-refractivity contribution in [3.8, 4) is 12.3 Å². The van der Waals surface area contributed by atoms with Crippen LogP contribution >= 0.6 is 0 Å². The molecule has 0 spiro atoms. The summed E-state index contributed by atoms with van der Waals surface area (Å²) in [7, 11) is -2.99. The van der Waals surface area contributed by atoms with Crippen LogP contribution in [0.1, 0.15) is 6.42 Å². The lowest BCUT2D eigenvalue weighted by molar-refractivity contribution is -0.272. The predicted octanol–water partition coefficient (Wildman–Crippen LogP) is -0.884. The smallest absolute Gasteiger partial charge is 0.270 e. The Morgan fingerprint density at radius 1 is 1.64 bits per heavy atom. The van der Waals surface area contributed by atoms with E-state index >= 15 is 0 Å². The first-order chi connectivity index (χ1) is 6.53. The van der Waals surface area contributed by atoms with Gasteiger partial charge in [0.05, 0.1) is 17.6 Å². The van der Waals surface area contributed by atoms with Gasteiger partial charge in [-0.3, -0.25) is 0 Å². The maximum atomic E-state index is 11.0. The number of hydrogen-bond acceptors (Lipinski definition) is 5. The molecule has 0 aromatic heterocycles. The molecule has 1 heterocycles. The molecule has 1 N–H and O–H groups in total. The lowest BCUT2D eigenvalue weighted by Crippen LogP contribution is -2.25. The summed E-state index contributed by atoms with van der Waals surface area (Å²) in [6.45, 7) is -1.51. The van der Waals surface area contributed by atoms with Crippen molar-refractivity contribution in [3.05, 3.63) is 0 Å². The van der Waals surface area contributed by atoms with Gasteiger partial charge in [0.25, 0.3) is 6.48 Å². The number of hydrogen-bond donors (Lipinski definition) is 1. The van der Waals surface area contributed by atoms with E-state index in [-0.39, 0.29) is 18.1 Å². The van der Waals surface area contributed by atoms with Crippen LogP contribution in [0.4, 0.5) is 0 Å². The largest absolute Gasteiger partial charge is 0.346 e. The van der Waals surface area contributed by atoms with Crippen LogP contribution in [0, 0.1) is 12.3 Å². The van der Waals surface area contributed by atoms with Gasteiger partial charge in [-0.1, -0.05) is 5.92 Å². The lowest BCUT2D eigenvalue weighted by atomic mass is 10.3. The van der Waals surface area contributed by atoms with E-state index in [0.29, 0.717) is 6.42 Å². The number of ether oxygens (including phenoxy) is 2. The van der Waals surface area contributed by atoms with Crippen LogP contribution in [0.25, 0.3) is 0 Å². The topological polar surface area (TPSA) is 72.8 Å². The van der Waals surface area contributed by atoms with Gasteiger partial charge >= 0.3 is 0 Å². The summed E-state index contributed by atoms with van der Waals surface area (Å²) < 4.78 is 31.5. The first kappa shape index (κ1) is 11.5. The van der Waals surface area contributed by atoms with Crippen LogP contribution in [0.2, 0.25) is 0 Å². The molecular weight excluding hydrogens is 208 g/mol. The van der Waals surface area contributed by atoms with Gasteiger partial charge in [0.15, 0.2) is 9.84 Å². The maximum Gasteiger partial charge on any atom is 0.270 e. The first-order valence-electron chi connectivity index (χ1n) is 4.12. The molecule has 14 heavy (non-hydrogen) atoms. The van der Waals surface area contributed by atoms with Gasteiger partial charge in [-0.05, 0) is 6.42 Å². The molecule has 0 aliphatic carbocycles. The molecule has 0 aromatic rings. The summed E-state index contributed by atoms with van der Waals surface area (Å²) in [5.41, 5.74) is 0. The molecule has 1 saturated heterocycles. The Labute approximate surface area is 82.9 Å². The zero-order valence-electron chi connectivity index (χ0n) is 7.55. The van der Waals surface area contributed by atoms with Crippen molar-refractivity contribution >= 4 is 9.84 Å². The summed E-state index contributed by atoms with van der Waals surface area (Å²) in [6.07, 6.45) is 4.79. The van der Waals surface area contributed by atoms with Crippen molar-refractivity contribution in [2.24, 2.45) is 0 Å². The van der Waals surface area contributed by atoms with Crippen molar-refractivity contribution in [2.45, 2.75) is 19.0 Å². The van der Waals surface area contributed by atoms with E-state index in [1.165, 1.54) is 0 Å². The molecule has 1 aliphatic heterocycles. The molecule has 2 atom stereocenters. The van der Waals surface area contributed by atoms with Gasteiger partial charge in [0, 0.05) is 0 Å². The Kier molecular flexibility index (Phi) is 3.89. The quantitative estimate of drug-likeness (QED) is 0.492. The molecule has 0 radical (unpaired) electrons. The monoisotopic (exact) mass is 220 g/mol. The van der Waals surface area contributed by atoms with Gasteiger partial charge in [-0.25, -0.2) is 8.42 Å². The molecular formula is C8H12O5S. The second-order valence-electron chi connectivity index (χ2n) is 2.98. The molecule has 5 nitrogen and oxygen atoms in total. The second kappa shape index (κ2) is 4.75. The fourth-order valence-corrected chi connectivity index (χ4v) is 2.79. The van der Waals surface area contributed by atoms with Crippen LogP contribution in [0.3, 0.4) is 0 Å². The van der Waals surface area contributed by atoms with E-state index in [1.807, 2.05) is 0 Å². The summed E-state index contributed by atoms with van der Waals surface area (Å²) in [5.74, 6) is 2.19.